The molecule has 0 aliphatic heterocycles. The molecule has 2 rings (SSSR count). The van der Waals surface area contributed by atoms with E-state index in [9.17, 15) is 0 Å². The Hall–Kier alpha value is -1.12. The van der Waals surface area contributed by atoms with Crippen molar-refractivity contribution < 1.29 is 0 Å². The third-order valence-corrected chi connectivity index (χ3v) is 3.72. The van der Waals surface area contributed by atoms with Gasteiger partial charge in [0.1, 0.15) is 0 Å². The van der Waals surface area contributed by atoms with Gasteiger partial charge in [0.15, 0.2) is 0 Å². The van der Waals surface area contributed by atoms with E-state index in [1.165, 1.54) is 11.1 Å². The molecule has 0 aliphatic rings. The monoisotopic (exact) mass is 263 g/mol. The molecule has 17 heavy (non-hydrogen) atoms. The topological polar surface area (TPSA) is 26.0 Å². The lowest BCUT2D eigenvalue weighted by Crippen LogP contribution is -1.86. The molecule has 0 bridgehead atoms. The van der Waals surface area contributed by atoms with Gasteiger partial charge in [0.25, 0.3) is 0 Å². The number of nitrogens with two attached hydrogens (primary N) is 1. The first-order valence-electron chi connectivity index (χ1n) is 5.40. The molecule has 2 N–H and O–H groups in total. The molecule has 0 amide bonds. The van der Waals surface area contributed by atoms with Gasteiger partial charge in [-0.1, -0.05) is 35.9 Å². The normalized spacial score (nSPS) is 10.4. The van der Waals surface area contributed by atoms with Crippen molar-refractivity contribution in [1.82, 2.24) is 0 Å². The SMILES string of the molecule is Nc1ccc(CSCc2cccc(Cl)c2)cc1. The Morgan fingerprint density at radius 3 is 2.35 bits per heavy atom. The summed E-state index contributed by atoms with van der Waals surface area (Å²) < 4.78 is 0. The van der Waals surface area contributed by atoms with E-state index in [1.807, 2.05) is 42.1 Å². The lowest BCUT2D eigenvalue weighted by Gasteiger charge is -2.03. The molecule has 0 aliphatic carbocycles. The minimum absolute atomic E-state index is 0.801. The molecular weight excluding hydrogens is 250 g/mol. The van der Waals surface area contributed by atoms with E-state index in [4.69, 9.17) is 17.3 Å². The summed E-state index contributed by atoms with van der Waals surface area (Å²) in [6, 6.07) is 16.0. The minimum Gasteiger partial charge on any atom is -0.399 e. The smallest absolute Gasteiger partial charge is 0.0409 e. The van der Waals surface area contributed by atoms with Gasteiger partial charge < -0.3 is 5.73 Å². The van der Waals surface area contributed by atoms with E-state index in [0.29, 0.717) is 0 Å². The maximum absolute atomic E-state index is 5.94. The average Bonchev–Trinajstić information content (AvgIpc) is 2.32. The summed E-state index contributed by atoms with van der Waals surface area (Å²) in [6.45, 7) is 0. The Labute approximate surface area is 111 Å². The summed E-state index contributed by atoms with van der Waals surface area (Å²) in [5.41, 5.74) is 9.01. The predicted molar refractivity (Wildman–Crippen MR) is 77.3 cm³/mol. The summed E-state index contributed by atoms with van der Waals surface area (Å²) in [4.78, 5) is 0. The number of nitrogen functional groups attached to an aromatic ring is 1. The van der Waals surface area contributed by atoms with Crippen molar-refractivity contribution in [3.05, 3.63) is 64.7 Å². The second-order valence-corrected chi connectivity index (χ2v) is 5.29. The average molecular weight is 264 g/mol. The molecule has 0 radical (unpaired) electrons. The van der Waals surface area contributed by atoms with Gasteiger partial charge in [-0.15, -0.1) is 0 Å². The molecule has 0 atom stereocenters. The van der Waals surface area contributed by atoms with E-state index < -0.39 is 0 Å². The van der Waals surface area contributed by atoms with Gasteiger partial charge in [0.05, 0.1) is 0 Å². The highest BCUT2D eigenvalue weighted by molar-refractivity contribution is 7.97. The zero-order valence-electron chi connectivity index (χ0n) is 9.40. The fourth-order valence-electron chi connectivity index (χ4n) is 1.53. The van der Waals surface area contributed by atoms with Crippen LogP contribution in [0, 0.1) is 0 Å². The van der Waals surface area contributed by atoms with Gasteiger partial charge in [-0.05, 0) is 35.4 Å². The first-order valence-corrected chi connectivity index (χ1v) is 6.94. The molecule has 88 valence electrons. The molecular formula is C14H14ClNS. The Bertz CT molecular complexity index is 482. The van der Waals surface area contributed by atoms with Crippen LogP contribution in [-0.2, 0) is 11.5 Å². The van der Waals surface area contributed by atoms with Crippen molar-refractivity contribution >= 4 is 29.1 Å². The number of anilines is 1. The van der Waals surface area contributed by atoms with Crippen LogP contribution in [0.4, 0.5) is 5.69 Å². The van der Waals surface area contributed by atoms with Crippen molar-refractivity contribution in [1.29, 1.82) is 0 Å². The molecule has 2 aromatic rings. The van der Waals surface area contributed by atoms with Crippen LogP contribution in [0.25, 0.3) is 0 Å². The fourth-order valence-corrected chi connectivity index (χ4v) is 2.69. The van der Waals surface area contributed by atoms with Crippen molar-refractivity contribution in [3.63, 3.8) is 0 Å². The zero-order valence-corrected chi connectivity index (χ0v) is 11.0. The quantitative estimate of drug-likeness (QED) is 0.830. The highest BCUT2D eigenvalue weighted by Gasteiger charge is 1.97. The van der Waals surface area contributed by atoms with Crippen LogP contribution >= 0.6 is 23.4 Å². The fraction of sp³-hybridized carbons (Fsp3) is 0.143. The number of thioether (sulfide) groups is 1. The highest BCUT2D eigenvalue weighted by Crippen LogP contribution is 2.20. The van der Waals surface area contributed by atoms with Crippen LogP contribution in [0.5, 0.6) is 0 Å². The summed E-state index contributed by atoms with van der Waals surface area (Å²) in [7, 11) is 0. The maximum Gasteiger partial charge on any atom is 0.0409 e. The van der Waals surface area contributed by atoms with E-state index in [1.54, 1.807) is 0 Å². The number of halogens is 1. The van der Waals surface area contributed by atoms with Gasteiger partial charge in [0, 0.05) is 22.2 Å². The number of benzene rings is 2. The Kier molecular flexibility index (Phi) is 4.35. The van der Waals surface area contributed by atoms with E-state index in [-0.39, 0.29) is 0 Å². The van der Waals surface area contributed by atoms with Crippen LogP contribution in [0.1, 0.15) is 11.1 Å². The Morgan fingerprint density at radius 1 is 0.941 bits per heavy atom. The molecule has 0 saturated carbocycles. The molecule has 0 saturated heterocycles. The molecule has 0 unspecified atom stereocenters. The number of hydrogen-bond acceptors (Lipinski definition) is 2. The van der Waals surface area contributed by atoms with Gasteiger partial charge in [0.2, 0.25) is 0 Å². The Morgan fingerprint density at radius 2 is 1.65 bits per heavy atom. The first kappa shape index (κ1) is 12.3. The van der Waals surface area contributed by atoms with Gasteiger partial charge >= 0.3 is 0 Å². The molecule has 0 heterocycles. The van der Waals surface area contributed by atoms with Gasteiger partial charge in [-0.25, -0.2) is 0 Å². The standard InChI is InChI=1S/C14H14ClNS/c15-13-3-1-2-12(8-13)10-17-9-11-4-6-14(16)7-5-11/h1-8H,9-10,16H2. The Balaban J connectivity index is 1.85. The lowest BCUT2D eigenvalue weighted by molar-refractivity contribution is 1.36. The maximum atomic E-state index is 5.94. The number of rotatable bonds is 4. The molecule has 0 aromatic heterocycles. The van der Waals surface area contributed by atoms with Crippen LogP contribution < -0.4 is 5.73 Å². The van der Waals surface area contributed by atoms with Crippen LogP contribution in [0.3, 0.4) is 0 Å². The zero-order chi connectivity index (χ0) is 12.1. The highest BCUT2D eigenvalue weighted by atomic mass is 35.5. The van der Waals surface area contributed by atoms with E-state index in [2.05, 4.69) is 18.2 Å². The predicted octanol–water partition coefficient (Wildman–Crippen LogP) is 4.36. The second kappa shape index (κ2) is 5.99. The van der Waals surface area contributed by atoms with Crippen molar-refractivity contribution in [2.24, 2.45) is 0 Å². The minimum atomic E-state index is 0.801. The summed E-state index contributed by atoms with van der Waals surface area (Å²) in [5.74, 6) is 1.97. The number of hydrogen-bond donors (Lipinski definition) is 1. The van der Waals surface area contributed by atoms with Crippen molar-refractivity contribution in [2.75, 3.05) is 5.73 Å². The largest absolute Gasteiger partial charge is 0.399 e. The second-order valence-electron chi connectivity index (χ2n) is 3.86. The summed E-state index contributed by atoms with van der Waals surface area (Å²) >= 11 is 7.81. The van der Waals surface area contributed by atoms with Crippen LogP contribution in [-0.4, -0.2) is 0 Å². The third-order valence-electron chi connectivity index (χ3n) is 2.41. The van der Waals surface area contributed by atoms with Crippen LogP contribution in [0.2, 0.25) is 5.02 Å². The van der Waals surface area contributed by atoms with Crippen LogP contribution in [0.15, 0.2) is 48.5 Å². The molecule has 0 fully saturated rings. The molecule has 0 spiro atoms. The van der Waals surface area contributed by atoms with Gasteiger partial charge in [-0.2, -0.15) is 11.8 Å². The molecule has 1 nitrogen and oxygen atoms in total. The van der Waals surface area contributed by atoms with E-state index in [0.717, 1.165) is 22.2 Å². The lowest BCUT2D eigenvalue weighted by atomic mass is 10.2. The summed E-state index contributed by atoms with van der Waals surface area (Å²) in [6.07, 6.45) is 0. The summed E-state index contributed by atoms with van der Waals surface area (Å²) in [5, 5.41) is 0.801. The first-order chi connectivity index (χ1) is 8.24. The van der Waals surface area contributed by atoms with Crippen molar-refractivity contribution in [3.8, 4) is 0 Å². The molecule has 3 heteroatoms. The van der Waals surface area contributed by atoms with Crippen molar-refractivity contribution in [2.45, 2.75) is 11.5 Å². The van der Waals surface area contributed by atoms with Gasteiger partial charge in [-0.3, -0.25) is 0 Å². The molecule has 2 aromatic carbocycles. The van der Waals surface area contributed by atoms with E-state index >= 15 is 0 Å². The third kappa shape index (κ3) is 3.99.